The first kappa shape index (κ1) is 12.9. The highest BCUT2D eigenvalue weighted by Gasteiger charge is 2.21. The number of carbonyl (C=O) groups excluding carboxylic acids is 1. The number of amides is 1. The second kappa shape index (κ2) is 5.87. The molecule has 0 bridgehead atoms. The van der Waals surface area contributed by atoms with Crippen LogP contribution in [-0.2, 0) is 16.1 Å². The van der Waals surface area contributed by atoms with Crippen molar-refractivity contribution in [2.24, 2.45) is 0 Å². The normalized spacial score (nSPS) is 20.1. The summed E-state index contributed by atoms with van der Waals surface area (Å²) in [5.41, 5.74) is 0.396. The van der Waals surface area contributed by atoms with Gasteiger partial charge in [0, 0.05) is 12.7 Å². The van der Waals surface area contributed by atoms with Gasteiger partial charge in [0.05, 0.1) is 25.1 Å². The Labute approximate surface area is 102 Å². The van der Waals surface area contributed by atoms with Gasteiger partial charge in [0.25, 0.3) is 6.43 Å². The quantitative estimate of drug-likeness (QED) is 0.804. The van der Waals surface area contributed by atoms with Crippen molar-refractivity contribution < 1.29 is 18.3 Å². The van der Waals surface area contributed by atoms with Gasteiger partial charge in [-0.25, -0.2) is 8.78 Å². The lowest BCUT2D eigenvalue weighted by atomic mass is 10.2. The molecule has 1 unspecified atom stereocenters. The number of rotatable bonds is 4. The number of nitrogens with one attached hydrogen (secondary N) is 2. The second-order valence-corrected chi connectivity index (χ2v) is 3.91. The molecule has 1 fully saturated rings. The van der Waals surface area contributed by atoms with Crippen LogP contribution in [0.3, 0.4) is 0 Å². The maximum absolute atomic E-state index is 12.1. The SMILES string of the molecule is O=C(Nc1cnn(CC(F)F)c1)C1COCCN1. The summed E-state index contributed by atoms with van der Waals surface area (Å²) < 4.78 is 30.5. The number of ether oxygens (including phenoxy) is 1. The molecule has 1 amide bonds. The van der Waals surface area contributed by atoms with Crippen LogP contribution in [0.4, 0.5) is 14.5 Å². The zero-order valence-electron chi connectivity index (χ0n) is 9.60. The molecule has 6 nitrogen and oxygen atoms in total. The van der Waals surface area contributed by atoms with Crippen molar-refractivity contribution >= 4 is 11.6 Å². The zero-order chi connectivity index (χ0) is 13.0. The lowest BCUT2D eigenvalue weighted by Crippen LogP contribution is -2.48. The lowest BCUT2D eigenvalue weighted by Gasteiger charge is -2.22. The molecule has 0 spiro atoms. The van der Waals surface area contributed by atoms with E-state index in [9.17, 15) is 13.6 Å². The molecule has 1 aromatic heterocycles. The first-order valence-electron chi connectivity index (χ1n) is 5.58. The number of morpholine rings is 1. The van der Waals surface area contributed by atoms with Crippen LogP contribution in [0.2, 0.25) is 0 Å². The molecule has 1 atom stereocenters. The van der Waals surface area contributed by atoms with E-state index in [1.54, 1.807) is 0 Å². The highest BCUT2D eigenvalue weighted by atomic mass is 19.3. The zero-order valence-corrected chi connectivity index (χ0v) is 9.60. The summed E-state index contributed by atoms with van der Waals surface area (Å²) in [4.78, 5) is 11.8. The molecule has 0 radical (unpaired) electrons. The molecular formula is C10H14F2N4O2. The van der Waals surface area contributed by atoms with Crippen LogP contribution < -0.4 is 10.6 Å². The van der Waals surface area contributed by atoms with E-state index in [1.165, 1.54) is 12.4 Å². The summed E-state index contributed by atoms with van der Waals surface area (Å²) in [6.45, 7) is 1.01. The predicted octanol–water partition coefficient (Wildman–Crippen LogP) is 0.0751. The minimum atomic E-state index is -2.47. The van der Waals surface area contributed by atoms with E-state index in [0.29, 0.717) is 25.4 Å². The molecule has 0 aromatic carbocycles. The fraction of sp³-hybridized carbons (Fsp3) is 0.600. The summed E-state index contributed by atoms with van der Waals surface area (Å²) >= 11 is 0. The summed E-state index contributed by atoms with van der Waals surface area (Å²) in [6.07, 6.45) is 0.236. The number of hydrogen-bond donors (Lipinski definition) is 2. The number of hydrogen-bond acceptors (Lipinski definition) is 4. The minimum Gasteiger partial charge on any atom is -0.378 e. The maximum Gasteiger partial charge on any atom is 0.257 e. The van der Waals surface area contributed by atoms with E-state index >= 15 is 0 Å². The number of nitrogens with zero attached hydrogens (tertiary/aromatic N) is 2. The molecule has 1 aliphatic rings. The monoisotopic (exact) mass is 260 g/mol. The van der Waals surface area contributed by atoms with Crippen LogP contribution in [0.15, 0.2) is 12.4 Å². The van der Waals surface area contributed by atoms with Gasteiger partial charge >= 0.3 is 0 Å². The lowest BCUT2D eigenvalue weighted by molar-refractivity contribution is -0.120. The van der Waals surface area contributed by atoms with Gasteiger partial charge in [0.2, 0.25) is 5.91 Å². The standard InChI is InChI=1S/C10H14F2N4O2/c11-9(12)5-16-4-7(3-14-16)15-10(17)8-6-18-2-1-13-8/h3-4,8-9,13H,1-2,5-6H2,(H,15,17). The Morgan fingerprint density at radius 1 is 1.72 bits per heavy atom. The molecular weight excluding hydrogens is 246 g/mol. The van der Waals surface area contributed by atoms with Gasteiger partial charge < -0.3 is 15.4 Å². The average molecular weight is 260 g/mol. The largest absolute Gasteiger partial charge is 0.378 e. The number of halogens is 2. The smallest absolute Gasteiger partial charge is 0.257 e. The molecule has 0 saturated carbocycles. The van der Waals surface area contributed by atoms with Crippen molar-refractivity contribution in [3.63, 3.8) is 0 Å². The van der Waals surface area contributed by atoms with Gasteiger partial charge in [-0.2, -0.15) is 5.10 Å². The van der Waals surface area contributed by atoms with Crippen LogP contribution in [0.5, 0.6) is 0 Å². The fourth-order valence-electron chi connectivity index (χ4n) is 1.63. The van der Waals surface area contributed by atoms with Crippen molar-refractivity contribution in [1.29, 1.82) is 0 Å². The van der Waals surface area contributed by atoms with E-state index in [4.69, 9.17) is 4.74 Å². The highest BCUT2D eigenvalue weighted by molar-refractivity contribution is 5.94. The molecule has 2 rings (SSSR count). The molecule has 1 aliphatic heterocycles. The first-order valence-corrected chi connectivity index (χ1v) is 5.58. The molecule has 2 heterocycles. The molecule has 1 aromatic rings. The van der Waals surface area contributed by atoms with Gasteiger partial charge in [-0.3, -0.25) is 9.48 Å². The third kappa shape index (κ3) is 3.47. The van der Waals surface area contributed by atoms with E-state index in [2.05, 4.69) is 15.7 Å². The van der Waals surface area contributed by atoms with Crippen LogP contribution in [0.1, 0.15) is 0 Å². The average Bonchev–Trinajstić information content (AvgIpc) is 2.76. The second-order valence-electron chi connectivity index (χ2n) is 3.91. The fourth-order valence-corrected chi connectivity index (χ4v) is 1.63. The number of anilines is 1. The van der Waals surface area contributed by atoms with E-state index < -0.39 is 19.0 Å². The Morgan fingerprint density at radius 3 is 3.22 bits per heavy atom. The molecule has 18 heavy (non-hydrogen) atoms. The Kier molecular flexibility index (Phi) is 4.21. The highest BCUT2D eigenvalue weighted by Crippen LogP contribution is 2.08. The van der Waals surface area contributed by atoms with Crippen LogP contribution in [0, 0.1) is 0 Å². The molecule has 2 N–H and O–H groups in total. The van der Waals surface area contributed by atoms with Gasteiger partial charge in [-0.15, -0.1) is 0 Å². The maximum atomic E-state index is 12.1. The first-order chi connectivity index (χ1) is 8.65. The molecule has 1 saturated heterocycles. The van der Waals surface area contributed by atoms with Crippen molar-refractivity contribution in [2.45, 2.75) is 19.0 Å². The van der Waals surface area contributed by atoms with Crippen molar-refractivity contribution in [3.8, 4) is 0 Å². The number of aromatic nitrogens is 2. The number of alkyl halides is 2. The third-order valence-corrected chi connectivity index (χ3v) is 2.46. The van der Waals surface area contributed by atoms with E-state index in [0.717, 1.165) is 4.68 Å². The molecule has 100 valence electrons. The van der Waals surface area contributed by atoms with Gasteiger partial charge in [-0.05, 0) is 0 Å². The summed E-state index contributed by atoms with van der Waals surface area (Å²) in [7, 11) is 0. The Bertz CT molecular complexity index is 404. The summed E-state index contributed by atoms with van der Waals surface area (Å²) in [5.74, 6) is -0.258. The minimum absolute atomic E-state index is 0.258. The van der Waals surface area contributed by atoms with Crippen LogP contribution in [-0.4, -0.2) is 47.9 Å². The van der Waals surface area contributed by atoms with Crippen molar-refractivity contribution in [2.75, 3.05) is 25.1 Å². The van der Waals surface area contributed by atoms with Crippen LogP contribution in [0.25, 0.3) is 0 Å². The van der Waals surface area contributed by atoms with Gasteiger partial charge in [0.15, 0.2) is 0 Å². The molecule has 0 aliphatic carbocycles. The Hall–Kier alpha value is -1.54. The van der Waals surface area contributed by atoms with Gasteiger partial charge in [0.1, 0.15) is 12.6 Å². The number of carbonyl (C=O) groups is 1. The van der Waals surface area contributed by atoms with Gasteiger partial charge in [-0.1, -0.05) is 0 Å². The van der Waals surface area contributed by atoms with Crippen molar-refractivity contribution in [3.05, 3.63) is 12.4 Å². The predicted molar refractivity (Wildman–Crippen MR) is 59.5 cm³/mol. The van der Waals surface area contributed by atoms with E-state index in [1.807, 2.05) is 0 Å². The third-order valence-electron chi connectivity index (χ3n) is 2.46. The topological polar surface area (TPSA) is 68.2 Å². The summed E-state index contributed by atoms with van der Waals surface area (Å²) in [5, 5.41) is 9.31. The van der Waals surface area contributed by atoms with Crippen LogP contribution >= 0.6 is 0 Å². The van der Waals surface area contributed by atoms with E-state index in [-0.39, 0.29) is 5.91 Å². The van der Waals surface area contributed by atoms with Crippen molar-refractivity contribution in [1.82, 2.24) is 15.1 Å². The Morgan fingerprint density at radius 2 is 2.56 bits per heavy atom. The summed E-state index contributed by atoms with van der Waals surface area (Å²) in [6, 6.07) is -0.419. The molecule has 8 heteroatoms. The Balaban J connectivity index is 1.88.